The van der Waals surface area contributed by atoms with Crippen LogP contribution in [0.1, 0.15) is 16.8 Å². The third kappa shape index (κ3) is 1.92. The molecule has 0 spiro atoms. The number of hydrogen-bond acceptors (Lipinski definition) is 2. The highest BCUT2D eigenvalue weighted by Gasteiger charge is 2.01. The van der Waals surface area contributed by atoms with Gasteiger partial charge in [0.2, 0.25) is 0 Å². The molecule has 0 aliphatic rings. The van der Waals surface area contributed by atoms with E-state index in [0.29, 0.717) is 6.54 Å². The van der Waals surface area contributed by atoms with E-state index in [1.54, 1.807) is 0 Å². The standard InChI is InChI=1S/C12H15N3/c1-9-7-12(4-3-11(9)8-13)15-6-5-10(2)14-15/h3-7H,8,13H2,1-2H3. The molecule has 15 heavy (non-hydrogen) atoms. The lowest BCUT2D eigenvalue weighted by atomic mass is 10.1. The van der Waals surface area contributed by atoms with Gasteiger partial charge in [-0.25, -0.2) is 4.68 Å². The van der Waals surface area contributed by atoms with Gasteiger partial charge in [0.1, 0.15) is 0 Å². The number of aromatic nitrogens is 2. The van der Waals surface area contributed by atoms with Crippen molar-refractivity contribution in [2.75, 3.05) is 0 Å². The van der Waals surface area contributed by atoms with E-state index < -0.39 is 0 Å². The molecule has 0 unspecified atom stereocenters. The van der Waals surface area contributed by atoms with E-state index >= 15 is 0 Å². The van der Waals surface area contributed by atoms with Crippen molar-refractivity contribution >= 4 is 0 Å². The third-order valence-corrected chi connectivity index (χ3v) is 2.53. The number of nitrogens with zero attached hydrogens (tertiary/aromatic N) is 2. The Morgan fingerprint density at radius 1 is 1.27 bits per heavy atom. The van der Waals surface area contributed by atoms with E-state index in [4.69, 9.17) is 5.73 Å². The monoisotopic (exact) mass is 201 g/mol. The molecule has 0 saturated heterocycles. The quantitative estimate of drug-likeness (QED) is 0.807. The molecule has 3 heteroatoms. The van der Waals surface area contributed by atoms with Gasteiger partial charge in [-0.1, -0.05) is 6.07 Å². The van der Waals surface area contributed by atoms with Crippen molar-refractivity contribution in [2.24, 2.45) is 5.73 Å². The summed E-state index contributed by atoms with van der Waals surface area (Å²) in [5.74, 6) is 0. The molecular weight excluding hydrogens is 186 g/mol. The maximum Gasteiger partial charge on any atom is 0.0648 e. The van der Waals surface area contributed by atoms with Crippen LogP contribution >= 0.6 is 0 Å². The highest BCUT2D eigenvalue weighted by Crippen LogP contribution is 2.14. The molecule has 2 N–H and O–H groups in total. The van der Waals surface area contributed by atoms with Crippen LogP contribution in [0.5, 0.6) is 0 Å². The van der Waals surface area contributed by atoms with Gasteiger partial charge in [0.15, 0.2) is 0 Å². The average molecular weight is 201 g/mol. The Hall–Kier alpha value is -1.61. The van der Waals surface area contributed by atoms with Gasteiger partial charge in [0.25, 0.3) is 0 Å². The smallest absolute Gasteiger partial charge is 0.0648 e. The normalized spacial score (nSPS) is 10.6. The predicted molar refractivity (Wildman–Crippen MR) is 60.9 cm³/mol. The van der Waals surface area contributed by atoms with Crippen LogP contribution in [-0.4, -0.2) is 9.78 Å². The van der Waals surface area contributed by atoms with Crippen LogP contribution in [0.4, 0.5) is 0 Å². The Kier molecular flexibility index (Phi) is 2.56. The van der Waals surface area contributed by atoms with Crippen molar-refractivity contribution in [3.8, 4) is 5.69 Å². The molecule has 0 fully saturated rings. The summed E-state index contributed by atoms with van der Waals surface area (Å²) < 4.78 is 1.88. The molecule has 0 aliphatic carbocycles. The second kappa shape index (κ2) is 3.87. The number of hydrogen-bond donors (Lipinski definition) is 1. The topological polar surface area (TPSA) is 43.8 Å². The lowest BCUT2D eigenvalue weighted by Gasteiger charge is -2.06. The van der Waals surface area contributed by atoms with Gasteiger partial charge in [-0.15, -0.1) is 0 Å². The number of rotatable bonds is 2. The lowest BCUT2D eigenvalue weighted by Crippen LogP contribution is -2.01. The fraction of sp³-hybridized carbons (Fsp3) is 0.250. The summed E-state index contributed by atoms with van der Waals surface area (Å²) in [6.45, 7) is 4.64. The van der Waals surface area contributed by atoms with Gasteiger partial charge in [-0.3, -0.25) is 0 Å². The number of aryl methyl sites for hydroxylation is 2. The van der Waals surface area contributed by atoms with Crippen molar-refractivity contribution in [3.63, 3.8) is 0 Å². The van der Waals surface area contributed by atoms with E-state index in [2.05, 4.69) is 24.2 Å². The highest BCUT2D eigenvalue weighted by molar-refractivity contribution is 5.39. The van der Waals surface area contributed by atoms with E-state index in [1.165, 1.54) is 11.1 Å². The lowest BCUT2D eigenvalue weighted by molar-refractivity contribution is 0.859. The summed E-state index contributed by atoms with van der Waals surface area (Å²) in [6.07, 6.45) is 1.96. The Morgan fingerprint density at radius 2 is 2.07 bits per heavy atom. The second-order valence-electron chi connectivity index (χ2n) is 3.72. The summed E-state index contributed by atoms with van der Waals surface area (Å²) >= 11 is 0. The van der Waals surface area contributed by atoms with Crippen molar-refractivity contribution in [1.82, 2.24) is 9.78 Å². The molecule has 2 aromatic rings. The molecule has 3 nitrogen and oxygen atoms in total. The fourth-order valence-corrected chi connectivity index (χ4v) is 1.61. The predicted octanol–water partition coefficient (Wildman–Crippen LogP) is 1.95. The van der Waals surface area contributed by atoms with Crippen molar-refractivity contribution in [2.45, 2.75) is 20.4 Å². The zero-order chi connectivity index (χ0) is 10.8. The van der Waals surface area contributed by atoms with Crippen LogP contribution in [0.2, 0.25) is 0 Å². The molecule has 0 amide bonds. The number of benzene rings is 1. The Labute approximate surface area is 89.5 Å². The van der Waals surface area contributed by atoms with E-state index in [9.17, 15) is 0 Å². The molecule has 78 valence electrons. The van der Waals surface area contributed by atoms with Crippen LogP contribution < -0.4 is 5.73 Å². The van der Waals surface area contributed by atoms with E-state index in [1.807, 2.05) is 29.9 Å². The minimum absolute atomic E-state index is 0.588. The highest BCUT2D eigenvalue weighted by atomic mass is 15.3. The van der Waals surface area contributed by atoms with Gasteiger partial charge in [0.05, 0.1) is 11.4 Å². The fourth-order valence-electron chi connectivity index (χ4n) is 1.61. The maximum atomic E-state index is 5.62. The van der Waals surface area contributed by atoms with Crippen molar-refractivity contribution in [3.05, 3.63) is 47.3 Å². The SMILES string of the molecule is Cc1ccn(-c2ccc(CN)c(C)c2)n1. The summed E-state index contributed by atoms with van der Waals surface area (Å²) in [5.41, 5.74) is 10.1. The molecule has 1 aromatic carbocycles. The Balaban J connectivity index is 2.42. The van der Waals surface area contributed by atoms with E-state index in [-0.39, 0.29) is 0 Å². The molecule has 1 aromatic heterocycles. The summed E-state index contributed by atoms with van der Waals surface area (Å²) in [6, 6.07) is 8.20. The second-order valence-corrected chi connectivity index (χ2v) is 3.72. The molecule has 0 saturated carbocycles. The first-order valence-electron chi connectivity index (χ1n) is 5.03. The summed E-state index contributed by atoms with van der Waals surface area (Å²) in [4.78, 5) is 0. The molecule has 0 atom stereocenters. The average Bonchev–Trinajstić information content (AvgIpc) is 2.65. The van der Waals surface area contributed by atoms with Crippen LogP contribution in [0, 0.1) is 13.8 Å². The minimum atomic E-state index is 0.588. The zero-order valence-electron chi connectivity index (χ0n) is 9.07. The van der Waals surface area contributed by atoms with Crippen LogP contribution in [-0.2, 0) is 6.54 Å². The first kappa shape index (κ1) is 9.93. The molecule has 0 aliphatic heterocycles. The zero-order valence-corrected chi connectivity index (χ0v) is 9.07. The molecule has 2 rings (SSSR count). The first-order chi connectivity index (χ1) is 7.20. The van der Waals surface area contributed by atoms with Crippen LogP contribution in [0.3, 0.4) is 0 Å². The summed E-state index contributed by atoms with van der Waals surface area (Å²) in [5, 5.41) is 4.36. The first-order valence-corrected chi connectivity index (χ1v) is 5.03. The Bertz CT molecular complexity index is 471. The molecular formula is C12H15N3. The Morgan fingerprint density at radius 3 is 2.60 bits per heavy atom. The van der Waals surface area contributed by atoms with Gasteiger partial charge in [0, 0.05) is 12.7 Å². The van der Waals surface area contributed by atoms with Crippen LogP contribution in [0.15, 0.2) is 30.5 Å². The third-order valence-electron chi connectivity index (χ3n) is 2.53. The van der Waals surface area contributed by atoms with Crippen LogP contribution in [0.25, 0.3) is 5.69 Å². The van der Waals surface area contributed by atoms with Crippen molar-refractivity contribution in [1.29, 1.82) is 0 Å². The number of nitrogens with two attached hydrogens (primary N) is 1. The minimum Gasteiger partial charge on any atom is -0.326 e. The van der Waals surface area contributed by atoms with Gasteiger partial charge < -0.3 is 5.73 Å². The molecule has 0 bridgehead atoms. The molecule has 0 radical (unpaired) electrons. The molecule has 1 heterocycles. The maximum absolute atomic E-state index is 5.62. The van der Waals surface area contributed by atoms with Gasteiger partial charge >= 0.3 is 0 Å². The largest absolute Gasteiger partial charge is 0.326 e. The summed E-state index contributed by atoms with van der Waals surface area (Å²) in [7, 11) is 0. The van der Waals surface area contributed by atoms with Gasteiger partial charge in [-0.05, 0) is 43.2 Å². The van der Waals surface area contributed by atoms with Gasteiger partial charge in [-0.2, -0.15) is 5.10 Å². The van der Waals surface area contributed by atoms with Crippen molar-refractivity contribution < 1.29 is 0 Å². The van der Waals surface area contributed by atoms with E-state index in [0.717, 1.165) is 11.4 Å².